The lowest BCUT2D eigenvalue weighted by Gasteiger charge is -2.23. The molecule has 2 aromatic carbocycles. The molecule has 6 heteroatoms. The van der Waals surface area contributed by atoms with Crippen LogP contribution in [0.3, 0.4) is 0 Å². The van der Waals surface area contributed by atoms with Gasteiger partial charge >= 0.3 is 6.09 Å². The van der Waals surface area contributed by atoms with Crippen LogP contribution in [-0.4, -0.2) is 17.6 Å². The van der Waals surface area contributed by atoms with Crippen molar-refractivity contribution in [1.82, 2.24) is 5.32 Å². The average molecular weight is 452 g/mol. The number of halogens is 1. The highest BCUT2D eigenvalue weighted by atomic mass is 127. The van der Waals surface area contributed by atoms with Gasteiger partial charge < -0.3 is 15.4 Å². The molecule has 2 aromatic rings. The summed E-state index contributed by atoms with van der Waals surface area (Å²) in [5.74, 6) is -0.335. The van der Waals surface area contributed by atoms with Crippen LogP contribution in [-0.2, 0) is 9.53 Å². The van der Waals surface area contributed by atoms with Gasteiger partial charge in [0, 0.05) is 9.26 Å². The molecule has 0 heterocycles. The second-order valence-electron chi connectivity index (χ2n) is 6.49. The summed E-state index contributed by atoms with van der Waals surface area (Å²) in [7, 11) is 0. The summed E-state index contributed by atoms with van der Waals surface area (Å²) in [5, 5.41) is 5.47. The molecule has 0 bridgehead atoms. The summed E-state index contributed by atoms with van der Waals surface area (Å²) in [4.78, 5) is 24.8. The molecule has 0 saturated heterocycles. The summed E-state index contributed by atoms with van der Waals surface area (Å²) >= 11 is 2.19. The van der Waals surface area contributed by atoms with Crippen LogP contribution in [0.4, 0.5) is 10.5 Å². The molecule has 0 aromatic heterocycles. The van der Waals surface area contributed by atoms with Crippen molar-refractivity contribution in [2.24, 2.45) is 0 Å². The predicted octanol–water partition coefficient (Wildman–Crippen LogP) is 4.50. The van der Waals surface area contributed by atoms with Gasteiger partial charge in [-0.05, 0) is 73.2 Å². The zero-order valence-electron chi connectivity index (χ0n) is 14.4. The predicted molar refractivity (Wildman–Crippen MR) is 106 cm³/mol. The van der Waals surface area contributed by atoms with E-state index >= 15 is 0 Å². The van der Waals surface area contributed by atoms with E-state index < -0.39 is 17.7 Å². The van der Waals surface area contributed by atoms with E-state index in [-0.39, 0.29) is 5.91 Å². The van der Waals surface area contributed by atoms with Gasteiger partial charge in [0.15, 0.2) is 0 Å². The van der Waals surface area contributed by atoms with Crippen molar-refractivity contribution >= 4 is 40.3 Å². The van der Waals surface area contributed by atoms with E-state index in [4.69, 9.17) is 4.74 Å². The summed E-state index contributed by atoms with van der Waals surface area (Å²) in [6, 6.07) is 15.6. The summed E-state index contributed by atoms with van der Waals surface area (Å²) in [5.41, 5.74) is 0.700. The molecule has 0 saturated carbocycles. The van der Waals surface area contributed by atoms with Gasteiger partial charge in [0.05, 0.1) is 0 Å². The highest BCUT2D eigenvalue weighted by Crippen LogP contribution is 2.18. The molecule has 132 valence electrons. The number of carbonyl (C=O) groups excluding carboxylic acids is 2. The Kier molecular flexibility index (Phi) is 6.41. The van der Waals surface area contributed by atoms with E-state index in [0.29, 0.717) is 11.3 Å². The minimum atomic E-state index is -0.852. The quantitative estimate of drug-likeness (QED) is 0.672. The molecule has 2 rings (SSSR count). The van der Waals surface area contributed by atoms with Gasteiger partial charge in [0.25, 0.3) is 5.91 Å². The number of nitrogens with one attached hydrogen (secondary N) is 2. The third kappa shape index (κ3) is 6.38. The Hall–Kier alpha value is -2.09. The van der Waals surface area contributed by atoms with Crippen molar-refractivity contribution < 1.29 is 14.3 Å². The highest BCUT2D eigenvalue weighted by molar-refractivity contribution is 14.1. The summed E-state index contributed by atoms with van der Waals surface area (Å²) in [6.45, 7) is 5.32. The smallest absolute Gasteiger partial charge is 0.408 e. The second kappa shape index (κ2) is 8.33. The lowest BCUT2D eigenvalue weighted by Crippen LogP contribution is -2.40. The largest absolute Gasteiger partial charge is 0.444 e. The molecule has 0 aliphatic heterocycles. The first kappa shape index (κ1) is 19.2. The highest BCUT2D eigenvalue weighted by Gasteiger charge is 2.25. The zero-order valence-corrected chi connectivity index (χ0v) is 16.5. The molecule has 0 radical (unpaired) electrons. The number of alkyl carbamates (subject to hydrolysis) is 1. The van der Waals surface area contributed by atoms with Gasteiger partial charge in [0.2, 0.25) is 0 Å². The molecule has 25 heavy (non-hydrogen) atoms. The van der Waals surface area contributed by atoms with Crippen molar-refractivity contribution in [1.29, 1.82) is 0 Å². The number of benzene rings is 2. The molecular weight excluding hydrogens is 431 g/mol. The van der Waals surface area contributed by atoms with E-state index in [1.165, 1.54) is 0 Å². The van der Waals surface area contributed by atoms with Crippen LogP contribution in [0.5, 0.6) is 0 Å². The van der Waals surface area contributed by atoms with Crippen LogP contribution in [0, 0.1) is 3.57 Å². The summed E-state index contributed by atoms with van der Waals surface area (Å²) in [6.07, 6.45) is -0.640. The standard InChI is InChI=1S/C19H21IN2O3/c1-19(2,3)25-18(24)22-16(13-7-5-4-6-8-13)17(23)21-15-11-9-14(20)10-12-15/h4-12,16H,1-3H3,(H,21,23)(H,22,24)/t16-/m0/s1. The first-order chi connectivity index (χ1) is 11.7. The van der Waals surface area contributed by atoms with E-state index in [9.17, 15) is 9.59 Å². The Bertz CT molecular complexity index is 725. The number of anilines is 1. The Morgan fingerprint density at radius 2 is 1.60 bits per heavy atom. The molecule has 0 fully saturated rings. The molecule has 0 unspecified atom stereocenters. The topological polar surface area (TPSA) is 67.4 Å². The molecule has 1 atom stereocenters. The number of carbonyl (C=O) groups is 2. The number of hydrogen-bond donors (Lipinski definition) is 2. The monoisotopic (exact) mass is 452 g/mol. The third-order valence-electron chi connectivity index (χ3n) is 3.17. The van der Waals surface area contributed by atoms with Crippen molar-refractivity contribution in [3.63, 3.8) is 0 Å². The molecule has 0 aliphatic rings. The van der Waals surface area contributed by atoms with Gasteiger partial charge in [-0.1, -0.05) is 30.3 Å². The van der Waals surface area contributed by atoms with Gasteiger partial charge in [-0.2, -0.15) is 0 Å². The maximum Gasteiger partial charge on any atom is 0.408 e. The number of rotatable bonds is 4. The fourth-order valence-electron chi connectivity index (χ4n) is 2.12. The van der Waals surface area contributed by atoms with Crippen LogP contribution in [0.25, 0.3) is 0 Å². The van der Waals surface area contributed by atoms with Crippen molar-refractivity contribution in [2.75, 3.05) is 5.32 Å². The van der Waals surface area contributed by atoms with Crippen LogP contribution in [0.2, 0.25) is 0 Å². The third-order valence-corrected chi connectivity index (χ3v) is 3.89. The lowest BCUT2D eigenvalue weighted by molar-refractivity contribution is -0.118. The van der Waals surface area contributed by atoms with Crippen LogP contribution >= 0.6 is 22.6 Å². The number of amides is 2. The molecule has 2 N–H and O–H groups in total. The Morgan fingerprint density at radius 3 is 2.16 bits per heavy atom. The first-order valence-electron chi connectivity index (χ1n) is 7.85. The molecule has 0 spiro atoms. The minimum Gasteiger partial charge on any atom is -0.444 e. The molecule has 5 nitrogen and oxygen atoms in total. The van der Waals surface area contributed by atoms with Crippen molar-refractivity contribution in [3.8, 4) is 0 Å². The molecular formula is C19H21IN2O3. The second-order valence-corrected chi connectivity index (χ2v) is 7.73. The zero-order chi connectivity index (χ0) is 18.4. The van der Waals surface area contributed by atoms with E-state index in [0.717, 1.165) is 3.57 Å². The van der Waals surface area contributed by atoms with E-state index in [2.05, 4.69) is 33.2 Å². The van der Waals surface area contributed by atoms with Crippen molar-refractivity contribution in [3.05, 3.63) is 63.7 Å². The van der Waals surface area contributed by atoms with Crippen LogP contribution in [0.1, 0.15) is 32.4 Å². The maximum absolute atomic E-state index is 12.7. The summed E-state index contributed by atoms with van der Waals surface area (Å²) < 4.78 is 6.35. The SMILES string of the molecule is CC(C)(C)OC(=O)N[C@H](C(=O)Nc1ccc(I)cc1)c1ccccc1. The molecule has 0 aliphatic carbocycles. The Labute approximate surface area is 161 Å². The van der Waals surface area contributed by atoms with Crippen molar-refractivity contribution in [2.45, 2.75) is 32.4 Å². The number of ether oxygens (including phenoxy) is 1. The van der Waals surface area contributed by atoms with Gasteiger partial charge in [-0.25, -0.2) is 4.79 Å². The Morgan fingerprint density at radius 1 is 1.00 bits per heavy atom. The maximum atomic E-state index is 12.7. The minimum absolute atomic E-state index is 0.335. The van der Waals surface area contributed by atoms with Gasteiger partial charge in [-0.15, -0.1) is 0 Å². The Balaban J connectivity index is 2.17. The first-order valence-corrected chi connectivity index (χ1v) is 8.93. The normalized spacial score (nSPS) is 12.2. The van der Waals surface area contributed by atoms with Gasteiger partial charge in [-0.3, -0.25) is 4.79 Å². The number of hydrogen-bond acceptors (Lipinski definition) is 3. The van der Waals surface area contributed by atoms with Crippen LogP contribution in [0.15, 0.2) is 54.6 Å². The van der Waals surface area contributed by atoms with E-state index in [1.54, 1.807) is 32.9 Å². The lowest BCUT2D eigenvalue weighted by atomic mass is 10.1. The average Bonchev–Trinajstić information content (AvgIpc) is 2.54. The molecule has 2 amide bonds. The van der Waals surface area contributed by atoms with Crippen LogP contribution < -0.4 is 10.6 Å². The van der Waals surface area contributed by atoms with Gasteiger partial charge in [0.1, 0.15) is 11.6 Å². The fraction of sp³-hybridized carbons (Fsp3) is 0.263. The van der Waals surface area contributed by atoms with E-state index in [1.807, 2.05) is 42.5 Å². The fourth-order valence-corrected chi connectivity index (χ4v) is 2.48.